The molecule has 2 atom stereocenters. The molecule has 0 bridgehead atoms. The molecule has 114 valence electrons. The SMILES string of the molecule is O=C(O)C1CCCCCC1NC(=O)N1CCS(=O)CC1. The number of aliphatic carboxylic acids is 1. The fourth-order valence-electron chi connectivity index (χ4n) is 2.87. The molecule has 2 amide bonds. The smallest absolute Gasteiger partial charge is 0.317 e. The molecule has 6 nitrogen and oxygen atoms in total. The van der Waals surface area contributed by atoms with Crippen LogP contribution >= 0.6 is 0 Å². The summed E-state index contributed by atoms with van der Waals surface area (Å²) >= 11 is 0. The van der Waals surface area contributed by atoms with Crippen molar-refractivity contribution < 1.29 is 18.9 Å². The Morgan fingerprint density at radius 3 is 2.40 bits per heavy atom. The van der Waals surface area contributed by atoms with Crippen molar-refractivity contribution in [1.29, 1.82) is 0 Å². The quantitative estimate of drug-likeness (QED) is 0.739. The molecule has 2 N–H and O–H groups in total. The maximum absolute atomic E-state index is 12.2. The molecule has 2 unspecified atom stereocenters. The van der Waals surface area contributed by atoms with E-state index in [1.165, 1.54) is 0 Å². The van der Waals surface area contributed by atoms with Crippen molar-refractivity contribution in [2.24, 2.45) is 5.92 Å². The van der Waals surface area contributed by atoms with Gasteiger partial charge in [-0.05, 0) is 12.8 Å². The molecule has 2 aliphatic rings. The number of urea groups is 1. The largest absolute Gasteiger partial charge is 0.481 e. The molecular weight excluding hydrogens is 280 g/mol. The standard InChI is InChI=1S/C13H22N2O4S/c16-12(17)10-4-2-1-3-5-11(10)14-13(18)15-6-8-20(19)9-7-15/h10-11H,1-9H2,(H,14,18)(H,16,17). The molecule has 0 aromatic carbocycles. The Balaban J connectivity index is 1.93. The first-order valence-corrected chi connectivity index (χ1v) is 8.70. The van der Waals surface area contributed by atoms with E-state index in [1.54, 1.807) is 4.90 Å². The zero-order chi connectivity index (χ0) is 14.5. The molecule has 2 rings (SSSR count). The lowest BCUT2D eigenvalue weighted by Crippen LogP contribution is -2.52. The number of nitrogens with zero attached hydrogens (tertiary/aromatic N) is 1. The van der Waals surface area contributed by atoms with Gasteiger partial charge in [0.1, 0.15) is 0 Å². The van der Waals surface area contributed by atoms with Gasteiger partial charge in [-0.1, -0.05) is 19.3 Å². The van der Waals surface area contributed by atoms with E-state index < -0.39 is 22.7 Å². The van der Waals surface area contributed by atoms with Gasteiger partial charge >= 0.3 is 12.0 Å². The third-order valence-electron chi connectivity index (χ3n) is 4.11. The Labute approximate surface area is 121 Å². The highest BCUT2D eigenvalue weighted by Crippen LogP contribution is 2.24. The van der Waals surface area contributed by atoms with Crippen LogP contribution in [-0.4, -0.2) is 56.9 Å². The first-order chi connectivity index (χ1) is 9.58. The Morgan fingerprint density at radius 1 is 1.10 bits per heavy atom. The van der Waals surface area contributed by atoms with Gasteiger partial charge in [-0.25, -0.2) is 4.79 Å². The van der Waals surface area contributed by atoms with Gasteiger partial charge in [0.15, 0.2) is 0 Å². The van der Waals surface area contributed by atoms with Crippen LogP contribution in [-0.2, 0) is 15.6 Å². The van der Waals surface area contributed by atoms with Crippen LogP contribution in [0, 0.1) is 5.92 Å². The van der Waals surface area contributed by atoms with Gasteiger partial charge in [0.2, 0.25) is 0 Å². The van der Waals surface area contributed by atoms with Gasteiger partial charge in [0.05, 0.1) is 5.92 Å². The van der Waals surface area contributed by atoms with E-state index >= 15 is 0 Å². The molecule has 1 saturated heterocycles. The molecule has 2 fully saturated rings. The third-order valence-corrected chi connectivity index (χ3v) is 5.38. The number of rotatable bonds is 2. The minimum absolute atomic E-state index is 0.208. The van der Waals surface area contributed by atoms with Crippen LogP contribution in [0.15, 0.2) is 0 Å². The van der Waals surface area contributed by atoms with Crippen molar-refractivity contribution in [2.45, 2.75) is 38.1 Å². The number of carboxylic acids is 1. The highest BCUT2D eigenvalue weighted by molar-refractivity contribution is 7.85. The highest BCUT2D eigenvalue weighted by Gasteiger charge is 2.32. The van der Waals surface area contributed by atoms with Gasteiger partial charge in [-0.2, -0.15) is 0 Å². The van der Waals surface area contributed by atoms with Crippen molar-refractivity contribution in [3.05, 3.63) is 0 Å². The van der Waals surface area contributed by atoms with Gasteiger partial charge in [0.25, 0.3) is 0 Å². The first kappa shape index (κ1) is 15.3. The van der Waals surface area contributed by atoms with E-state index in [4.69, 9.17) is 0 Å². The van der Waals surface area contributed by atoms with E-state index in [0.29, 0.717) is 31.0 Å². The van der Waals surface area contributed by atoms with Gasteiger partial charge in [-0.3, -0.25) is 9.00 Å². The fourth-order valence-corrected chi connectivity index (χ4v) is 3.92. The lowest BCUT2D eigenvalue weighted by molar-refractivity contribution is -0.142. The summed E-state index contributed by atoms with van der Waals surface area (Å²) in [5.74, 6) is -0.279. The van der Waals surface area contributed by atoms with Crippen LogP contribution in [0.3, 0.4) is 0 Å². The summed E-state index contributed by atoms with van der Waals surface area (Å²) in [6, 6.07) is -0.491. The van der Waals surface area contributed by atoms with Crippen LogP contribution in [0.4, 0.5) is 4.79 Å². The average molecular weight is 302 g/mol. The van der Waals surface area contributed by atoms with Gasteiger partial charge in [0, 0.05) is 41.4 Å². The van der Waals surface area contributed by atoms with Gasteiger partial charge < -0.3 is 15.3 Å². The number of carbonyl (C=O) groups is 2. The first-order valence-electron chi connectivity index (χ1n) is 7.21. The molecule has 0 aromatic rings. The van der Waals surface area contributed by atoms with E-state index in [1.807, 2.05) is 0 Å². The molecule has 0 aromatic heterocycles. The summed E-state index contributed by atoms with van der Waals surface area (Å²) in [5.41, 5.74) is 0. The summed E-state index contributed by atoms with van der Waals surface area (Å²) in [5, 5.41) is 12.2. The molecule has 7 heteroatoms. The van der Waals surface area contributed by atoms with Crippen molar-refractivity contribution in [1.82, 2.24) is 10.2 Å². The number of amides is 2. The summed E-state index contributed by atoms with van der Waals surface area (Å²) < 4.78 is 11.3. The van der Waals surface area contributed by atoms with Crippen molar-refractivity contribution in [3.8, 4) is 0 Å². The molecule has 1 aliphatic heterocycles. The Kier molecular flexibility index (Phi) is 5.39. The van der Waals surface area contributed by atoms with E-state index in [9.17, 15) is 18.9 Å². The second-order valence-electron chi connectivity index (χ2n) is 5.47. The number of hydrogen-bond acceptors (Lipinski definition) is 3. The van der Waals surface area contributed by atoms with Crippen LogP contribution in [0.1, 0.15) is 32.1 Å². The van der Waals surface area contributed by atoms with Crippen molar-refractivity contribution >= 4 is 22.8 Å². The summed E-state index contributed by atoms with van der Waals surface area (Å²) in [6.45, 7) is 0.978. The average Bonchev–Trinajstić information content (AvgIpc) is 2.65. The number of carboxylic acid groups (broad SMARTS) is 1. The monoisotopic (exact) mass is 302 g/mol. The molecule has 0 spiro atoms. The second kappa shape index (κ2) is 7.06. The Morgan fingerprint density at radius 2 is 1.75 bits per heavy atom. The molecule has 20 heavy (non-hydrogen) atoms. The predicted molar refractivity (Wildman–Crippen MR) is 76.0 cm³/mol. The van der Waals surface area contributed by atoms with Crippen LogP contribution in [0.2, 0.25) is 0 Å². The molecule has 1 aliphatic carbocycles. The number of carbonyl (C=O) groups excluding carboxylic acids is 1. The number of hydrogen-bond donors (Lipinski definition) is 2. The van der Waals surface area contributed by atoms with Crippen molar-refractivity contribution in [3.63, 3.8) is 0 Å². The van der Waals surface area contributed by atoms with E-state index in [-0.39, 0.29) is 12.1 Å². The maximum atomic E-state index is 12.2. The minimum Gasteiger partial charge on any atom is -0.481 e. The summed E-state index contributed by atoms with van der Waals surface area (Å²) in [7, 11) is -0.817. The number of nitrogens with one attached hydrogen (secondary N) is 1. The Hall–Kier alpha value is -1.11. The minimum atomic E-state index is -0.822. The zero-order valence-electron chi connectivity index (χ0n) is 11.5. The van der Waals surface area contributed by atoms with Crippen LogP contribution in [0.5, 0.6) is 0 Å². The summed E-state index contributed by atoms with van der Waals surface area (Å²) in [4.78, 5) is 25.1. The van der Waals surface area contributed by atoms with Gasteiger partial charge in [-0.15, -0.1) is 0 Å². The van der Waals surface area contributed by atoms with E-state index in [0.717, 1.165) is 25.7 Å². The zero-order valence-corrected chi connectivity index (χ0v) is 12.4. The molecular formula is C13H22N2O4S. The third kappa shape index (κ3) is 3.94. The molecule has 1 heterocycles. The predicted octanol–water partition coefficient (Wildman–Crippen LogP) is 0.794. The lowest BCUT2D eigenvalue weighted by atomic mass is 9.95. The fraction of sp³-hybridized carbons (Fsp3) is 0.846. The maximum Gasteiger partial charge on any atom is 0.317 e. The highest BCUT2D eigenvalue weighted by atomic mass is 32.2. The normalized spacial score (nSPS) is 28.7. The van der Waals surface area contributed by atoms with Crippen LogP contribution in [0.25, 0.3) is 0 Å². The van der Waals surface area contributed by atoms with E-state index in [2.05, 4.69) is 5.32 Å². The lowest BCUT2D eigenvalue weighted by Gasteiger charge is -2.30. The summed E-state index contributed by atoms with van der Waals surface area (Å²) in [6.07, 6.45) is 4.25. The second-order valence-corrected chi connectivity index (χ2v) is 7.17. The topological polar surface area (TPSA) is 86.7 Å². The van der Waals surface area contributed by atoms with Crippen molar-refractivity contribution in [2.75, 3.05) is 24.6 Å². The molecule has 1 saturated carbocycles. The Bertz CT molecular complexity index is 392. The molecule has 0 radical (unpaired) electrons. The van der Waals surface area contributed by atoms with Crippen LogP contribution < -0.4 is 5.32 Å².